The molecule has 1 N–H and O–H groups in total. The Morgan fingerprint density at radius 1 is 1.62 bits per heavy atom. The van der Waals surface area contributed by atoms with Gasteiger partial charge in [0.25, 0.3) is 0 Å². The SMILES string of the molecule is CC(C)Cn1cc(N[C@H]2CCO[C@@H]2C)cn1. The highest BCUT2D eigenvalue weighted by Crippen LogP contribution is 2.18. The predicted molar refractivity (Wildman–Crippen MR) is 64.5 cm³/mol. The summed E-state index contributed by atoms with van der Waals surface area (Å²) >= 11 is 0. The normalized spacial score (nSPS) is 25.2. The van der Waals surface area contributed by atoms with Crippen LogP contribution in [0.25, 0.3) is 0 Å². The molecule has 0 radical (unpaired) electrons. The number of nitrogens with one attached hydrogen (secondary N) is 1. The Bertz CT molecular complexity index is 335. The van der Waals surface area contributed by atoms with E-state index in [2.05, 4.69) is 37.4 Å². The van der Waals surface area contributed by atoms with Crippen molar-refractivity contribution in [3.8, 4) is 0 Å². The fraction of sp³-hybridized carbons (Fsp3) is 0.750. The van der Waals surface area contributed by atoms with Crippen molar-refractivity contribution < 1.29 is 4.74 Å². The number of anilines is 1. The summed E-state index contributed by atoms with van der Waals surface area (Å²) in [7, 11) is 0. The van der Waals surface area contributed by atoms with E-state index in [9.17, 15) is 0 Å². The molecular formula is C12H21N3O. The molecule has 0 saturated carbocycles. The number of rotatable bonds is 4. The van der Waals surface area contributed by atoms with Gasteiger partial charge in [0.2, 0.25) is 0 Å². The first-order valence-electron chi connectivity index (χ1n) is 6.05. The van der Waals surface area contributed by atoms with E-state index in [4.69, 9.17) is 4.74 Å². The van der Waals surface area contributed by atoms with E-state index in [0.29, 0.717) is 18.1 Å². The van der Waals surface area contributed by atoms with E-state index < -0.39 is 0 Å². The van der Waals surface area contributed by atoms with Crippen LogP contribution < -0.4 is 5.32 Å². The van der Waals surface area contributed by atoms with Crippen molar-refractivity contribution in [2.45, 2.75) is 45.9 Å². The summed E-state index contributed by atoms with van der Waals surface area (Å²) in [6.07, 6.45) is 5.35. The molecule has 0 unspecified atom stereocenters. The summed E-state index contributed by atoms with van der Waals surface area (Å²) in [5, 5.41) is 7.81. The van der Waals surface area contributed by atoms with Crippen molar-refractivity contribution in [3.05, 3.63) is 12.4 Å². The molecule has 1 fully saturated rings. The van der Waals surface area contributed by atoms with Crippen LogP contribution in [0, 0.1) is 5.92 Å². The van der Waals surface area contributed by atoms with Gasteiger partial charge < -0.3 is 10.1 Å². The fourth-order valence-corrected chi connectivity index (χ4v) is 2.05. The molecule has 16 heavy (non-hydrogen) atoms. The molecule has 2 atom stereocenters. The summed E-state index contributed by atoms with van der Waals surface area (Å²) in [5.41, 5.74) is 1.10. The minimum atomic E-state index is 0.299. The van der Waals surface area contributed by atoms with Gasteiger partial charge >= 0.3 is 0 Å². The lowest BCUT2D eigenvalue weighted by Crippen LogP contribution is -2.26. The largest absolute Gasteiger partial charge is 0.377 e. The molecule has 1 aromatic heterocycles. The Morgan fingerprint density at radius 3 is 3.06 bits per heavy atom. The van der Waals surface area contributed by atoms with Gasteiger partial charge in [0.15, 0.2) is 0 Å². The van der Waals surface area contributed by atoms with Gasteiger partial charge in [-0.15, -0.1) is 0 Å². The van der Waals surface area contributed by atoms with Crippen LogP contribution in [0.15, 0.2) is 12.4 Å². The van der Waals surface area contributed by atoms with Crippen molar-refractivity contribution >= 4 is 5.69 Å². The highest BCUT2D eigenvalue weighted by atomic mass is 16.5. The summed E-state index contributed by atoms with van der Waals surface area (Å²) in [6, 6.07) is 0.427. The van der Waals surface area contributed by atoms with E-state index in [1.807, 2.05) is 10.9 Å². The maximum absolute atomic E-state index is 5.52. The Labute approximate surface area is 97.0 Å². The molecule has 1 aromatic rings. The van der Waals surface area contributed by atoms with Gasteiger partial charge in [-0.3, -0.25) is 4.68 Å². The number of ether oxygens (including phenoxy) is 1. The second kappa shape index (κ2) is 4.87. The average molecular weight is 223 g/mol. The number of nitrogens with zero attached hydrogens (tertiary/aromatic N) is 2. The summed E-state index contributed by atoms with van der Waals surface area (Å²) < 4.78 is 7.51. The molecule has 1 saturated heterocycles. The Hall–Kier alpha value is -1.03. The summed E-state index contributed by atoms with van der Waals surface area (Å²) in [6.45, 7) is 8.34. The Morgan fingerprint density at radius 2 is 2.44 bits per heavy atom. The third-order valence-corrected chi connectivity index (χ3v) is 2.91. The minimum absolute atomic E-state index is 0.299. The molecule has 0 aliphatic carbocycles. The highest BCUT2D eigenvalue weighted by Gasteiger charge is 2.24. The quantitative estimate of drug-likeness (QED) is 0.850. The first kappa shape index (κ1) is 11.5. The van der Waals surface area contributed by atoms with E-state index in [1.165, 1.54) is 0 Å². The third-order valence-electron chi connectivity index (χ3n) is 2.91. The van der Waals surface area contributed by atoms with Gasteiger partial charge in [-0.25, -0.2) is 0 Å². The average Bonchev–Trinajstić information content (AvgIpc) is 2.77. The van der Waals surface area contributed by atoms with Crippen LogP contribution in [-0.4, -0.2) is 28.5 Å². The lowest BCUT2D eigenvalue weighted by Gasteiger charge is -2.15. The number of aromatic nitrogens is 2. The molecule has 4 heteroatoms. The van der Waals surface area contributed by atoms with Crippen LogP contribution >= 0.6 is 0 Å². The molecule has 1 aliphatic heterocycles. The Kier molecular flexibility index (Phi) is 3.49. The number of hydrogen-bond donors (Lipinski definition) is 1. The van der Waals surface area contributed by atoms with E-state index >= 15 is 0 Å². The lowest BCUT2D eigenvalue weighted by molar-refractivity contribution is 0.121. The molecule has 4 nitrogen and oxygen atoms in total. The molecule has 0 bridgehead atoms. The van der Waals surface area contributed by atoms with E-state index in [-0.39, 0.29) is 0 Å². The van der Waals surface area contributed by atoms with Crippen molar-refractivity contribution in [3.63, 3.8) is 0 Å². The van der Waals surface area contributed by atoms with Crippen LogP contribution in [0.2, 0.25) is 0 Å². The first-order valence-corrected chi connectivity index (χ1v) is 6.05. The van der Waals surface area contributed by atoms with Crippen molar-refractivity contribution in [1.82, 2.24) is 9.78 Å². The monoisotopic (exact) mass is 223 g/mol. The smallest absolute Gasteiger partial charge is 0.0748 e. The van der Waals surface area contributed by atoms with Gasteiger partial charge in [0.05, 0.1) is 24.0 Å². The van der Waals surface area contributed by atoms with Crippen molar-refractivity contribution in [2.75, 3.05) is 11.9 Å². The molecule has 0 spiro atoms. The zero-order chi connectivity index (χ0) is 11.5. The highest BCUT2D eigenvalue weighted by molar-refractivity contribution is 5.39. The molecule has 2 rings (SSSR count). The van der Waals surface area contributed by atoms with Crippen LogP contribution in [0.5, 0.6) is 0 Å². The lowest BCUT2D eigenvalue weighted by atomic mass is 10.1. The molecule has 0 aromatic carbocycles. The molecule has 2 heterocycles. The maximum Gasteiger partial charge on any atom is 0.0748 e. The van der Waals surface area contributed by atoms with E-state index in [0.717, 1.165) is 25.3 Å². The fourth-order valence-electron chi connectivity index (χ4n) is 2.05. The van der Waals surface area contributed by atoms with Crippen LogP contribution in [0.4, 0.5) is 5.69 Å². The Balaban J connectivity index is 1.92. The topological polar surface area (TPSA) is 39.1 Å². The van der Waals surface area contributed by atoms with Gasteiger partial charge in [-0.05, 0) is 19.3 Å². The summed E-state index contributed by atoms with van der Waals surface area (Å²) in [4.78, 5) is 0. The summed E-state index contributed by atoms with van der Waals surface area (Å²) in [5.74, 6) is 0.626. The zero-order valence-corrected chi connectivity index (χ0v) is 10.3. The van der Waals surface area contributed by atoms with Crippen molar-refractivity contribution in [1.29, 1.82) is 0 Å². The first-order chi connectivity index (χ1) is 7.65. The van der Waals surface area contributed by atoms with Gasteiger partial charge in [-0.1, -0.05) is 13.8 Å². The van der Waals surface area contributed by atoms with Gasteiger partial charge in [0.1, 0.15) is 0 Å². The second-order valence-electron chi connectivity index (χ2n) is 4.96. The molecular weight excluding hydrogens is 202 g/mol. The minimum Gasteiger partial charge on any atom is -0.377 e. The third kappa shape index (κ3) is 2.76. The number of hydrogen-bond acceptors (Lipinski definition) is 3. The van der Waals surface area contributed by atoms with Gasteiger partial charge in [-0.2, -0.15) is 5.10 Å². The van der Waals surface area contributed by atoms with Crippen LogP contribution in [0.1, 0.15) is 27.2 Å². The second-order valence-corrected chi connectivity index (χ2v) is 4.96. The van der Waals surface area contributed by atoms with Crippen molar-refractivity contribution in [2.24, 2.45) is 5.92 Å². The standard InChI is InChI=1S/C12H21N3O/c1-9(2)7-15-8-11(6-13-15)14-12-4-5-16-10(12)3/h6,8-10,12,14H,4-5,7H2,1-3H3/t10-,12+/m1/s1. The predicted octanol–water partition coefficient (Wildman–Crippen LogP) is 2.13. The van der Waals surface area contributed by atoms with Crippen LogP contribution in [0.3, 0.4) is 0 Å². The molecule has 0 amide bonds. The van der Waals surface area contributed by atoms with E-state index in [1.54, 1.807) is 0 Å². The van der Waals surface area contributed by atoms with Gasteiger partial charge in [0, 0.05) is 19.3 Å². The zero-order valence-electron chi connectivity index (χ0n) is 10.3. The molecule has 90 valence electrons. The van der Waals surface area contributed by atoms with Crippen LogP contribution in [-0.2, 0) is 11.3 Å². The molecule has 1 aliphatic rings. The maximum atomic E-state index is 5.52.